The number of ether oxygens (including phenoxy) is 1. The monoisotopic (exact) mass is 288 g/mol. The SMILES string of the molecule is Cc1nc(NC(=O)Cc2ccc3c(c2)CCO3)sc1C. The van der Waals surface area contributed by atoms with Crippen LogP contribution in [0.25, 0.3) is 0 Å². The number of anilines is 1. The van der Waals surface area contributed by atoms with Gasteiger partial charge in [-0.25, -0.2) is 4.98 Å². The molecular formula is C15H16N2O2S. The molecule has 0 fully saturated rings. The number of aromatic nitrogens is 1. The van der Waals surface area contributed by atoms with Crippen molar-refractivity contribution >= 4 is 22.4 Å². The molecular weight excluding hydrogens is 272 g/mol. The average molecular weight is 288 g/mol. The molecule has 2 heterocycles. The van der Waals surface area contributed by atoms with Gasteiger partial charge in [0.1, 0.15) is 5.75 Å². The Balaban J connectivity index is 1.67. The van der Waals surface area contributed by atoms with E-state index in [0.29, 0.717) is 11.6 Å². The predicted octanol–water partition coefficient (Wildman–Crippen LogP) is 2.88. The van der Waals surface area contributed by atoms with E-state index >= 15 is 0 Å². The van der Waals surface area contributed by atoms with Gasteiger partial charge in [0.15, 0.2) is 5.13 Å². The molecule has 1 amide bonds. The molecule has 3 rings (SSSR count). The minimum atomic E-state index is -0.0300. The highest BCUT2D eigenvalue weighted by molar-refractivity contribution is 7.15. The van der Waals surface area contributed by atoms with Crippen LogP contribution in [-0.2, 0) is 17.6 Å². The number of carbonyl (C=O) groups excluding carboxylic acids is 1. The van der Waals surface area contributed by atoms with Gasteiger partial charge in [-0.3, -0.25) is 4.79 Å². The summed E-state index contributed by atoms with van der Waals surface area (Å²) < 4.78 is 5.46. The second-order valence-electron chi connectivity index (χ2n) is 4.93. The fourth-order valence-electron chi connectivity index (χ4n) is 2.22. The van der Waals surface area contributed by atoms with Crippen LogP contribution in [0.2, 0.25) is 0 Å². The van der Waals surface area contributed by atoms with Crippen molar-refractivity contribution in [1.82, 2.24) is 4.98 Å². The lowest BCUT2D eigenvalue weighted by Crippen LogP contribution is -2.14. The lowest BCUT2D eigenvalue weighted by atomic mass is 10.1. The predicted molar refractivity (Wildman–Crippen MR) is 79.6 cm³/mol. The molecule has 0 unspecified atom stereocenters. The Hall–Kier alpha value is -1.88. The van der Waals surface area contributed by atoms with Crippen LogP contribution in [0.1, 0.15) is 21.7 Å². The Morgan fingerprint density at radius 3 is 3.05 bits per heavy atom. The number of carbonyl (C=O) groups is 1. The largest absolute Gasteiger partial charge is 0.493 e. The third-order valence-corrected chi connectivity index (χ3v) is 4.38. The number of aryl methyl sites for hydroxylation is 2. The van der Waals surface area contributed by atoms with Crippen molar-refractivity contribution < 1.29 is 9.53 Å². The van der Waals surface area contributed by atoms with Gasteiger partial charge in [0, 0.05) is 11.3 Å². The lowest BCUT2D eigenvalue weighted by molar-refractivity contribution is -0.115. The smallest absolute Gasteiger partial charge is 0.230 e. The highest BCUT2D eigenvalue weighted by atomic mass is 32.1. The van der Waals surface area contributed by atoms with Gasteiger partial charge in [0.2, 0.25) is 5.91 Å². The number of nitrogens with one attached hydrogen (secondary N) is 1. The highest BCUT2D eigenvalue weighted by Crippen LogP contribution is 2.26. The molecule has 0 radical (unpaired) electrons. The van der Waals surface area contributed by atoms with Crippen molar-refractivity contribution in [2.75, 3.05) is 11.9 Å². The third-order valence-electron chi connectivity index (χ3n) is 3.39. The van der Waals surface area contributed by atoms with Gasteiger partial charge in [-0.1, -0.05) is 12.1 Å². The molecule has 2 aromatic rings. The zero-order valence-corrected chi connectivity index (χ0v) is 12.3. The first-order valence-electron chi connectivity index (χ1n) is 6.60. The molecule has 1 aromatic carbocycles. The Morgan fingerprint density at radius 2 is 2.30 bits per heavy atom. The molecule has 0 bridgehead atoms. The van der Waals surface area contributed by atoms with Crippen LogP contribution < -0.4 is 10.1 Å². The van der Waals surface area contributed by atoms with Crippen LogP contribution in [0.4, 0.5) is 5.13 Å². The maximum absolute atomic E-state index is 12.0. The van der Waals surface area contributed by atoms with Crippen molar-refractivity contribution in [2.24, 2.45) is 0 Å². The highest BCUT2D eigenvalue weighted by Gasteiger charge is 2.14. The summed E-state index contributed by atoms with van der Waals surface area (Å²) in [5.74, 6) is 0.915. The second kappa shape index (κ2) is 5.25. The van der Waals surface area contributed by atoms with E-state index in [9.17, 15) is 4.79 Å². The third kappa shape index (κ3) is 2.67. The van der Waals surface area contributed by atoms with Crippen molar-refractivity contribution in [3.05, 3.63) is 39.9 Å². The normalized spacial score (nSPS) is 12.9. The quantitative estimate of drug-likeness (QED) is 0.945. The molecule has 0 spiro atoms. The Labute approximate surface area is 121 Å². The van der Waals surface area contributed by atoms with Gasteiger partial charge in [-0.15, -0.1) is 11.3 Å². The maximum Gasteiger partial charge on any atom is 0.230 e. The molecule has 1 aliphatic rings. The fourth-order valence-corrected chi connectivity index (χ4v) is 3.06. The van der Waals surface area contributed by atoms with Gasteiger partial charge >= 0.3 is 0 Å². The number of amides is 1. The minimum absolute atomic E-state index is 0.0300. The van der Waals surface area contributed by atoms with Crippen LogP contribution in [0, 0.1) is 13.8 Å². The van der Waals surface area contributed by atoms with E-state index in [1.54, 1.807) is 0 Å². The number of nitrogens with zero attached hydrogens (tertiary/aromatic N) is 1. The van der Waals surface area contributed by atoms with E-state index in [-0.39, 0.29) is 5.91 Å². The summed E-state index contributed by atoms with van der Waals surface area (Å²) in [6.07, 6.45) is 1.29. The molecule has 0 saturated heterocycles. The van der Waals surface area contributed by atoms with Crippen molar-refractivity contribution in [3.63, 3.8) is 0 Å². The second-order valence-corrected chi connectivity index (χ2v) is 6.13. The van der Waals surface area contributed by atoms with Gasteiger partial charge in [0.05, 0.1) is 18.7 Å². The lowest BCUT2D eigenvalue weighted by Gasteiger charge is -2.04. The first kappa shape index (κ1) is 13.1. The number of hydrogen-bond donors (Lipinski definition) is 1. The van der Waals surface area contributed by atoms with Crippen molar-refractivity contribution in [3.8, 4) is 5.75 Å². The first-order valence-corrected chi connectivity index (χ1v) is 7.42. The summed E-state index contributed by atoms with van der Waals surface area (Å²) in [4.78, 5) is 17.5. The van der Waals surface area contributed by atoms with Gasteiger partial charge in [-0.05, 0) is 31.0 Å². The maximum atomic E-state index is 12.0. The summed E-state index contributed by atoms with van der Waals surface area (Å²) in [5, 5.41) is 3.53. The first-order chi connectivity index (χ1) is 9.61. The van der Waals surface area contributed by atoms with Crippen molar-refractivity contribution in [2.45, 2.75) is 26.7 Å². The van der Waals surface area contributed by atoms with Gasteiger partial charge in [0.25, 0.3) is 0 Å². The number of rotatable bonds is 3. The summed E-state index contributed by atoms with van der Waals surface area (Å²) in [7, 11) is 0. The molecule has 5 heteroatoms. The molecule has 104 valence electrons. The number of hydrogen-bond acceptors (Lipinski definition) is 4. The average Bonchev–Trinajstić information content (AvgIpc) is 2.96. The minimum Gasteiger partial charge on any atom is -0.493 e. The van der Waals surface area contributed by atoms with Gasteiger partial charge in [-0.2, -0.15) is 0 Å². The Kier molecular flexibility index (Phi) is 3.44. The molecule has 0 aliphatic carbocycles. The van der Waals surface area contributed by atoms with Crippen LogP contribution in [-0.4, -0.2) is 17.5 Å². The summed E-state index contributed by atoms with van der Waals surface area (Å²) >= 11 is 1.51. The summed E-state index contributed by atoms with van der Waals surface area (Å²) in [6.45, 7) is 4.69. The van der Waals surface area contributed by atoms with E-state index in [1.807, 2.05) is 26.0 Å². The molecule has 1 N–H and O–H groups in total. The number of thiazole rings is 1. The summed E-state index contributed by atoms with van der Waals surface area (Å²) in [6, 6.07) is 5.95. The van der Waals surface area contributed by atoms with E-state index < -0.39 is 0 Å². The summed E-state index contributed by atoms with van der Waals surface area (Å²) in [5.41, 5.74) is 3.17. The van der Waals surface area contributed by atoms with E-state index in [4.69, 9.17) is 4.74 Å². The standard InChI is InChI=1S/C15H16N2O2S/c1-9-10(2)20-15(16-9)17-14(18)8-11-3-4-13-12(7-11)5-6-19-13/h3-4,7H,5-6,8H2,1-2H3,(H,16,17,18). The van der Waals surface area contributed by atoms with Gasteiger partial charge < -0.3 is 10.1 Å². The van der Waals surface area contributed by atoms with E-state index in [1.165, 1.54) is 16.9 Å². The Morgan fingerprint density at radius 1 is 1.45 bits per heavy atom. The zero-order chi connectivity index (χ0) is 14.1. The fraction of sp³-hybridized carbons (Fsp3) is 0.333. The van der Waals surface area contributed by atoms with Crippen molar-refractivity contribution in [1.29, 1.82) is 0 Å². The molecule has 0 saturated carbocycles. The molecule has 1 aromatic heterocycles. The number of benzene rings is 1. The van der Waals surface area contributed by atoms with Crippen LogP contribution >= 0.6 is 11.3 Å². The Bertz CT molecular complexity index is 644. The van der Waals surface area contributed by atoms with E-state index in [0.717, 1.165) is 34.9 Å². The van der Waals surface area contributed by atoms with E-state index in [2.05, 4.69) is 16.4 Å². The van der Waals surface area contributed by atoms with Crippen LogP contribution in [0.3, 0.4) is 0 Å². The molecule has 20 heavy (non-hydrogen) atoms. The zero-order valence-electron chi connectivity index (χ0n) is 11.5. The number of fused-ring (bicyclic) bond motifs is 1. The topological polar surface area (TPSA) is 51.2 Å². The molecule has 0 atom stereocenters. The van der Waals surface area contributed by atoms with Crippen LogP contribution in [0.15, 0.2) is 18.2 Å². The molecule has 4 nitrogen and oxygen atoms in total. The molecule has 1 aliphatic heterocycles. The van der Waals surface area contributed by atoms with Crippen LogP contribution in [0.5, 0.6) is 5.75 Å².